The average Bonchev–Trinajstić information content (AvgIpc) is 3.16. The number of hydrogen-bond donors (Lipinski definition) is 1. The lowest BCUT2D eigenvalue weighted by Crippen LogP contribution is -2.75. The lowest BCUT2D eigenvalue weighted by Gasteiger charge is -2.14. The van der Waals surface area contributed by atoms with Crippen molar-refractivity contribution in [1.29, 1.82) is 0 Å². The maximum atomic E-state index is 12.7. The summed E-state index contributed by atoms with van der Waals surface area (Å²) in [5.41, 5.74) is 0.712. The molecule has 0 aliphatic rings. The Morgan fingerprint density at radius 3 is 2.61 bits per heavy atom. The van der Waals surface area contributed by atoms with E-state index in [1.54, 1.807) is 37.4 Å². The van der Waals surface area contributed by atoms with Crippen molar-refractivity contribution >= 4 is 30.1 Å². The molecule has 1 aromatic heterocycles. The number of ether oxygens (including phenoxy) is 1. The van der Waals surface area contributed by atoms with Crippen molar-refractivity contribution in [2.24, 2.45) is 0 Å². The van der Waals surface area contributed by atoms with Crippen LogP contribution in [0.15, 0.2) is 49.1 Å². The highest BCUT2D eigenvalue weighted by atomic mass is 32.1. The molecule has 1 aromatic carbocycles. The van der Waals surface area contributed by atoms with E-state index in [2.05, 4.69) is 6.58 Å². The second-order valence-electron chi connectivity index (χ2n) is 5.45. The molecule has 2 rings (SSSR count). The predicted octanol–water partition coefficient (Wildman–Crippen LogP) is 2.82. The van der Waals surface area contributed by atoms with Crippen molar-refractivity contribution in [3.8, 4) is 5.75 Å². The Bertz CT molecular complexity index is 882. The van der Waals surface area contributed by atoms with E-state index < -0.39 is 12.7 Å². The van der Waals surface area contributed by atoms with Gasteiger partial charge < -0.3 is 9.26 Å². The van der Waals surface area contributed by atoms with Gasteiger partial charge in [0.25, 0.3) is 0 Å². The lowest BCUT2D eigenvalue weighted by molar-refractivity contribution is -0.491. The van der Waals surface area contributed by atoms with Crippen LogP contribution in [0.1, 0.15) is 10.4 Å². The van der Waals surface area contributed by atoms with Gasteiger partial charge in [-0.15, -0.1) is 0 Å². The molecular formula is C17H20N2O7PS+. The van der Waals surface area contributed by atoms with E-state index in [1.165, 1.54) is 17.2 Å². The van der Waals surface area contributed by atoms with E-state index in [-0.39, 0.29) is 30.6 Å². The first-order valence-corrected chi connectivity index (χ1v) is 10.6. The second-order valence-corrected chi connectivity index (χ2v) is 8.64. The molecule has 0 radical (unpaired) electrons. The fourth-order valence-corrected chi connectivity index (χ4v) is 3.90. The maximum absolute atomic E-state index is 12.7. The summed E-state index contributed by atoms with van der Waals surface area (Å²) in [5.74, 6) is -0.0729. The Hall–Kier alpha value is -2.52. The van der Waals surface area contributed by atoms with Gasteiger partial charge in [0, 0.05) is 10.9 Å². The minimum absolute atomic E-state index is 0.0166. The summed E-state index contributed by atoms with van der Waals surface area (Å²) in [6, 6.07) is 9.38. The van der Waals surface area contributed by atoms with Gasteiger partial charge in [0.2, 0.25) is 0 Å². The van der Waals surface area contributed by atoms with Gasteiger partial charge in [0.05, 0.1) is 25.0 Å². The van der Waals surface area contributed by atoms with Gasteiger partial charge in [-0.2, -0.15) is 4.57 Å². The first-order valence-electron chi connectivity index (χ1n) is 8.18. The van der Waals surface area contributed by atoms with Gasteiger partial charge in [-0.1, -0.05) is 36.1 Å². The Balaban J connectivity index is 1.94. The molecule has 0 spiro atoms. The molecule has 0 bridgehead atoms. The standard InChI is InChI=1S/C17H19N2O7PS/c1-3-10-24-17(20)11-13-4-6-14(7-5-13)26-27(23,18-2)25-12-15-8-9-16(28-15)19(21)22/h3-9H,1,10-12H2,2H3,(H,18,23)/p+1. The molecule has 0 fully saturated rings. The molecule has 9 nitrogen and oxygen atoms in total. The minimum atomic E-state index is -3.55. The van der Waals surface area contributed by atoms with E-state index in [9.17, 15) is 19.5 Å². The molecule has 0 aliphatic heterocycles. The molecule has 1 atom stereocenters. The number of nitro groups is 1. The zero-order chi connectivity index (χ0) is 20.6. The topological polar surface area (TPSA) is 122 Å². The van der Waals surface area contributed by atoms with Gasteiger partial charge in [-0.05, 0) is 23.8 Å². The number of carbonyl (C=O) groups is 1. The molecule has 28 heavy (non-hydrogen) atoms. The maximum Gasteiger partial charge on any atom is 0.583 e. The zero-order valence-electron chi connectivity index (χ0n) is 15.1. The van der Waals surface area contributed by atoms with Crippen LogP contribution in [0, 0.1) is 10.1 Å². The van der Waals surface area contributed by atoms with Crippen molar-refractivity contribution in [2.75, 3.05) is 13.7 Å². The molecule has 11 heteroatoms. The van der Waals surface area contributed by atoms with Crippen LogP contribution >= 0.6 is 19.1 Å². The molecule has 150 valence electrons. The highest BCUT2D eigenvalue weighted by Gasteiger charge is 2.31. The van der Waals surface area contributed by atoms with E-state index in [4.69, 9.17) is 13.8 Å². The van der Waals surface area contributed by atoms with Crippen LogP contribution < -0.4 is 9.61 Å². The molecule has 0 amide bonds. The molecule has 1 heterocycles. The molecule has 0 saturated carbocycles. The second kappa shape index (κ2) is 10.1. The zero-order valence-corrected chi connectivity index (χ0v) is 16.8. The first kappa shape index (κ1) is 21.8. The smallest absolute Gasteiger partial charge is 0.461 e. The summed E-state index contributed by atoms with van der Waals surface area (Å²) in [6.45, 7) is 3.55. The normalized spacial score (nSPS) is 12.8. The Kier molecular flexibility index (Phi) is 7.89. The van der Waals surface area contributed by atoms with Gasteiger partial charge in [-0.3, -0.25) is 20.0 Å². The number of thiophene rings is 1. The average molecular weight is 427 g/mol. The van der Waals surface area contributed by atoms with Crippen molar-refractivity contribution in [3.63, 3.8) is 0 Å². The Morgan fingerprint density at radius 1 is 1.32 bits per heavy atom. The van der Waals surface area contributed by atoms with Crippen molar-refractivity contribution in [2.45, 2.75) is 13.0 Å². The Morgan fingerprint density at radius 2 is 2.04 bits per heavy atom. The predicted molar refractivity (Wildman–Crippen MR) is 103 cm³/mol. The number of nitrogens with two attached hydrogens (primary N) is 1. The van der Waals surface area contributed by atoms with Crippen molar-refractivity contribution in [3.05, 3.63) is 69.6 Å². The van der Waals surface area contributed by atoms with Crippen LogP contribution in [-0.4, -0.2) is 24.5 Å². The van der Waals surface area contributed by atoms with E-state index in [1.807, 2.05) is 0 Å². The first-order chi connectivity index (χ1) is 13.3. The number of hydrogen-bond acceptors (Lipinski definition) is 8. The highest BCUT2D eigenvalue weighted by molar-refractivity contribution is 7.46. The van der Waals surface area contributed by atoms with E-state index in [0.29, 0.717) is 16.2 Å². The minimum Gasteiger partial charge on any atom is -0.461 e. The van der Waals surface area contributed by atoms with Crippen LogP contribution in [-0.2, 0) is 31.6 Å². The van der Waals surface area contributed by atoms with Gasteiger partial charge in [0.1, 0.15) is 12.4 Å². The molecular weight excluding hydrogens is 407 g/mol. The number of nitrogens with zero attached hydrogens (tertiary/aromatic N) is 1. The van der Waals surface area contributed by atoms with Crippen molar-refractivity contribution in [1.82, 2.24) is 0 Å². The largest absolute Gasteiger partial charge is 0.583 e. The van der Waals surface area contributed by atoms with Crippen LogP contribution in [0.2, 0.25) is 0 Å². The number of esters is 1. The van der Waals surface area contributed by atoms with Gasteiger partial charge in [0.15, 0.2) is 0 Å². The molecule has 2 aromatic rings. The molecule has 1 unspecified atom stereocenters. The molecule has 0 aliphatic carbocycles. The fourth-order valence-electron chi connectivity index (χ4n) is 2.03. The third-order valence-electron chi connectivity index (χ3n) is 3.40. The molecule has 0 saturated heterocycles. The summed E-state index contributed by atoms with van der Waals surface area (Å²) in [4.78, 5) is 22.4. The number of rotatable bonds is 11. The highest BCUT2D eigenvalue weighted by Crippen LogP contribution is 2.40. The van der Waals surface area contributed by atoms with Gasteiger partial charge in [-0.25, -0.2) is 4.52 Å². The van der Waals surface area contributed by atoms with Crippen LogP contribution in [0.25, 0.3) is 0 Å². The third-order valence-corrected chi connectivity index (χ3v) is 5.99. The molecule has 2 N–H and O–H groups in total. The summed E-state index contributed by atoms with van der Waals surface area (Å²) in [5, 5.41) is 12.0. The fraction of sp³-hybridized carbons (Fsp3) is 0.235. The van der Waals surface area contributed by atoms with Crippen molar-refractivity contribution < 1.29 is 33.2 Å². The summed E-state index contributed by atoms with van der Waals surface area (Å²) in [7, 11) is -2.01. The van der Waals surface area contributed by atoms with Crippen LogP contribution in [0.3, 0.4) is 0 Å². The Labute approximate surface area is 165 Å². The number of benzene rings is 1. The number of quaternary nitrogens is 1. The van der Waals surface area contributed by atoms with Crippen LogP contribution in [0.4, 0.5) is 5.00 Å². The number of carbonyl (C=O) groups excluding carboxylic acids is 1. The van der Waals surface area contributed by atoms with E-state index >= 15 is 0 Å². The summed E-state index contributed by atoms with van der Waals surface area (Å²) in [6.07, 6.45) is 1.58. The lowest BCUT2D eigenvalue weighted by atomic mass is 10.1. The monoisotopic (exact) mass is 427 g/mol. The van der Waals surface area contributed by atoms with Crippen LogP contribution in [0.5, 0.6) is 5.75 Å². The SMILES string of the molecule is C=CCOC(=O)Cc1ccc(OP(=O)([NH2+]C)OCc2ccc([N+](=O)[O-])s2)cc1. The van der Waals surface area contributed by atoms with Gasteiger partial charge >= 0.3 is 18.7 Å². The summed E-state index contributed by atoms with van der Waals surface area (Å²) >= 11 is 0.947. The van der Waals surface area contributed by atoms with E-state index in [0.717, 1.165) is 11.3 Å². The third kappa shape index (κ3) is 6.58. The quantitative estimate of drug-likeness (QED) is 0.192. The summed E-state index contributed by atoms with van der Waals surface area (Å²) < 4.78 is 28.5.